The Bertz CT molecular complexity index is 324. The summed E-state index contributed by atoms with van der Waals surface area (Å²) in [5.74, 6) is -0.181. The van der Waals surface area contributed by atoms with Crippen molar-refractivity contribution in [2.24, 2.45) is 0 Å². The second-order valence-electron chi connectivity index (χ2n) is 4.28. The van der Waals surface area contributed by atoms with Gasteiger partial charge in [0, 0.05) is 10.6 Å². The van der Waals surface area contributed by atoms with E-state index in [2.05, 4.69) is 0 Å². The van der Waals surface area contributed by atoms with E-state index in [1.807, 2.05) is 20.8 Å². The number of benzene rings is 1. The van der Waals surface area contributed by atoms with Crippen LogP contribution in [0.25, 0.3) is 0 Å². The Kier molecular flexibility index (Phi) is 2.67. The zero-order valence-corrected chi connectivity index (χ0v) is 9.17. The number of hydrogen-bond acceptors (Lipinski definition) is 0. The first-order chi connectivity index (χ1) is 5.84. The predicted octanol–water partition coefficient (Wildman–Crippen LogP) is 4.09. The van der Waals surface area contributed by atoms with Gasteiger partial charge >= 0.3 is 0 Å². The molecule has 0 atom stereocenters. The molecule has 0 aliphatic rings. The van der Waals surface area contributed by atoms with Crippen LogP contribution in [-0.2, 0) is 5.41 Å². The summed E-state index contributed by atoms with van der Waals surface area (Å²) >= 11 is 5.80. The van der Waals surface area contributed by atoms with Gasteiger partial charge in [-0.05, 0) is 24.0 Å². The highest BCUT2D eigenvalue weighted by Crippen LogP contribution is 2.29. The van der Waals surface area contributed by atoms with E-state index < -0.39 is 0 Å². The lowest BCUT2D eigenvalue weighted by Gasteiger charge is -2.20. The molecule has 0 aliphatic heterocycles. The van der Waals surface area contributed by atoms with Crippen molar-refractivity contribution < 1.29 is 4.39 Å². The third-order valence-electron chi connectivity index (χ3n) is 2.13. The van der Waals surface area contributed by atoms with Crippen LogP contribution in [0.2, 0.25) is 5.02 Å². The second kappa shape index (κ2) is 3.30. The van der Waals surface area contributed by atoms with Crippen molar-refractivity contribution in [2.45, 2.75) is 33.1 Å². The third-order valence-corrected chi connectivity index (χ3v) is 2.54. The zero-order valence-electron chi connectivity index (χ0n) is 8.41. The maximum Gasteiger partial charge on any atom is 0.131 e. The van der Waals surface area contributed by atoms with Gasteiger partial charge in [-0.25, -0.2) is 4.39 Å². The van der Waals surface area contributed by atoms with E-state index in [1.54, 1.807) is 19.1 Å². The average molecular weight is 201 g/mol. The Hall–Kier alpha value is -0.560. The van der Waals surface area contributed by atoms with Crippen molar-refractivity contribution >= 4 is 11.6 Å². The first-order valence-corrected chi connectivity index (χ1v) is 4.67. The molecule has 1 aromatic rings. The summed E-state index contributed by atoms with van der Waals surface area (Å²) in [6.45, 7) is 7.66. The fraction of sp³-hybridized carbons (Fsp3) is 0.455. The van der Waals surface area contributed by atoms with Crippen LogP contribution in [0.5, 0.6) is 0 Å². The quantitative estimate of drug-likeness (QED) is 0.592. The van der Waals surface area contributed by atoms with Gasteiger partial charge in [-0.15, -0.1) is 0 Å². The fourth-order valence-corrected chi connectivity index (χ4v) is 1.39. The standard InChI is InChI=1S/C11H14ClF/c1-7-9(12)6-5-8(10(7)13)11(2,3)4/h5-6H,1-4H3. The van der Waals surface area contributed by atoms with Crippen LogP contribution < -0.4 is 0 Å². The first kappa shape index (κ1) is 10.5. The molecule has 0 fully saturated rings. The first-order valence-electron chi connectivity index (χ1n) is 4.29. The van der Waals surface area contributed by atoms with Gasteiger partial charge in [-0.2, -0.15) is 0 Å². The Balaban J connectivity index is 3.35. The van der Waals surface area contributed by atoms with Crippen molar-refractivity contribution in [3.63, 3.8) is 0 Å². The maximum absolute atomic E-state index is 13.7. The van der Waals surface area contributed by atoms with E-state index >= 15 is 0 Å². The average Bonchev–Trinajstić information content (AvgIpc) is 1.98. The minimum atomic E-state index is -0.181. The highest BCUT2D eigenvalue weighted by molar-refractivity contribution is 6.31. The third kappa shape index (κ3) is 2.02. The molecule has 13 heavy (non-hydrogen) atoms. The summed E-state index contributed by atoms with van der Waals surface area (Å²) in [6.07, 6.45) is 0. The topological polar surface area (TPSA) is 0 Å². The zero-order chi connectivity index (χ0) is 10.2. The molecule has 0 bridgehead atoms. The second-order valence-corrected chi connectivity index (χ2v) is 4.69. The normalized spacial score (nSPS) is 11.8. The van der Waals surface area contributed by atoms with E-state index in [0.717, 1.165) is 5.56 Å². The molecule has 1 aromatic carbocycles. The van der Waals surface area contributed by atoms with Gasteiger partial charge in [-0.3, -0.25) is 0 Å². The Labute approximate surface area is 83.7 Å². The molecular formula is C11H14ClF. The molecule has 0 aliphatic carbocycles. The summed E-state index contributed by atoms with van der Waals surface area (Å²) < 4.78 is 13.7. The van der Waals surface area contributed by atoms with E-state index in [9.17, 15) is 4.39 Å². The summed E-state index contributed by atoms with van der Waals surface area (Å²) in [6, 6.07) is 3.51. The molecule has 0 heterocycles. The van der Waals surface area contributed by atoms with Crippen LogP contribution in [0.15, 0.2) is 12.1 Å². The molecule has 0 aromatic heterocycles. The van der Waals surface area contributed by atoms with Gasteiger partial charge in [0.15, 0.2) is 0 Å². The van der Waals surface area contributed by atoms with Crippen molar-refractivity contribution in [1.82, 2.24) is 0 Å². The van der Waals surface area contributed by atoms with Crippen LogP contribution >= 0.6 is 11.6 Å². The maximum atomic E-state index is 13.7. The summed E-state index contributed by atoms with van der Waals surface area (Å²) in [5, 5.41) is 0.491. The van der Waals surface area contributed by atoms with Gasteiger partial charge in [0.25, 0.3) is 0 Å². The predicted molar refractivity (Wildman–Crippen MR) is 54.8 cm³/mol. The van der Waals surface area contributed by atoms with Crippen molar-refractivity contribution in [3.8, 4) is 0 Å². The Morgan fingerprint density at radius 1 is 1.23 bits per heavy atom. The van der Waals surface area contributed by atoms with Crippen LogP contribution in [0.1, 0.15) is 31.9 Å². The van der Waals surface area contributed by atoms with E-state index in [-0.39, 0.29) is 11.2 Å². The Morgan fingerprint density at radius 2 is 1.77 bits per heavy atom. The summed E-state index contributed by atoms with van der Waals surface area (Å²) in [7, 11) is 0. The van der Waals surface area contributed by atoms with Gasteiger partial charge in [0.05, 0.1) is 0 Å². The molecular weight excluding hydrogens is 187 g/mol. The Morgan fingerprint density at radius 3 is 2.23 bits per heavy atom. The van der Waals surface area contributed by atoms with Crippen LogP contribution in [-0.4, -0.2) is 0 Å². The summed E-state index contributed by atoms with van der Waals surface area (Å²) in [5.41, 5.74) is 1.09. The lowest BCUT2D eigenvalue weighted by atomic mass is 9.86. The molecule has 1 rings (SSSR count). The lowest BCUT2D eigenvalue weighted by Crippen LogP contribution is -2.14. The molecule has 0 saturated carbocycles. The minimum absolute atomic E-state index is 0.167. The fourth-order valence-electron chi connectivity index (χ4n) is 1.24. The van der Waals surface area contributed by atoms with Crippen LogP contribution in [0, 0.1) is 12.7 Å². The summed E-state index contributed by atoms with van der Waals surface area (Å²) in [4.78, 5) is 0. The molecule has 2 heteroatoms. The van der Waals surface area contributed by atoms with E-state index in [1.165, 1.54) is 0 Å². The molecule has 0 saturated heterocycles. The van der Waals surface area contributed by atoms with Crippen molar-refractivity contribution in [2.75, 3.05) is 0 Å². The minimum Gasteiger partial charge on any atom is -0.206 e. The van der Waals surface area contributed by atoms with Crippen LogP contribution in [0.3, 0.4) is 0 Å². The molecule has 0 N–H and O–H groups in total. The number of halogens is 2. The highest BCUT2D eigenvalue weighted by Gasteiger charge is 2.20. The van der Waals surface area contributed by atoms with Crippen LogP contribution in [0.4, 0.5) is 4.39 Å². The van der Waals surface area contributed by atoms with Crippen molar-refractivity contribution in [1.29, 1.82) is 0 Å². The van der Waals surface area contributed by atoms with Gasteiger partial charge in [0.2, 0.25) is 0 Å². The highest BCUT2D eigenvalue weighted by atomic mass is 35.5. The lowest BCUT2D eigenvalue weighted by molar-refractivity contribution is 0.518. The monoisotopic (exact) mass is 200 g/mol. The molecule has 0 unspecified atom stereocenters. The smallest absolute Gasteiger partial charge is 0.131 e. The largest absolute Gasteiger partial charge is 0.206 e. The molecule has 0 amide bonds. The number of hydrogen-bond donors (Lipinski definition) is 0. The van der Waals surface area contributed by atoms with E-state index in [0.29, 0.717) is 10.6 Å². The van der Waals surface area contributed by atoms with Gasteiger partial charge in [-0.1, -0.05) is 38.4 Å². The molecule has 0 radical (unpaired) electrons. The molecule has 72 valence electrons. The van der Waals surface area contributed by atoms with Crippen molar-refractivity contribution in [3.05, 3.63) is 34.1 Å². The molecule has 0 spiro atoms. The molecule has 0 nitrogen and oxygen atoms in total. The van der Waals surface area contributed by atoms with Gasteiger partial charge < -0.3 is 0 Å². The van der Waals surface area contributed by atoms with E-state index in [4.69, 9.17) is 11.6 Å². The number of rotatable bonds is 0. The van der Waals surface area contributed by atoms with Gasteiger partial charge in [0.1, 0.15) is 5.82 Å². The SMILES string of the molecule is Cc1c(Cl)ccc(C(C)(C)C)c1F.